The van der Waals surface area contributed by atoms with Gasteiger partial charge in [0.2, 0.25) is 5.91 Å². The van der Waals surface area contributed by atoms with Gasteiger partial charge in [-0.2, -0.15) is 5.26 Å². The molecule has 1 N–H and O–H groups in total. The number of nitriles is 1. The summed E-state index contributed by atoms with van der Waals surface area (Å²) in [4.78, 5) is 14.8. The van der Waals surface area contributed by atoms with Crippen molar-refractivity contribution in [2.45, 2.75) is 38.4 Å². The van der Waals surface area contributed by atoms with E-state index in [4.69, 9.17) is 5.26 Å². The molecular weight excluding hydrogens is 317 g/mol. The van der Waals surface area contributed by atoms with Gasteiger partial charge in [-0.1, -0.05) is 24.3 Å². The molecule has 1 atom stereocenters. The number of nitrogens with one attached hydrogen (secondary N) is 1. The van der Waals surface area contributed by atoms with Gasteiger partial charge in [-0.3, -0.25) is 9.69 Å². The quantitative estimate of drug-likeness (QED) is 0.875. The molecule has 0 heterocycles. The lowest BCUT2D eigenvalue weighted by Gasteiger charge is -2.28. The minimum Gasteiger partial charge on any atom is -0.324 e. The maximum absolute atomic E-state index is 13.1. The molecule has 2 aromatic rings. The summed E-state index contributed by atoms with van der Waals surface area (Å²) in [6.45, 7) is 2.46. The van der Waals surface area contributed by atoms with Crippen molar-refractivity contribution in [3.63, 3.8) is 0 Å². The molecule has 25 heavy (non-hydrogen) atoms. The number of amides is 1. The lowest BCUT2D eigenvalue weighted by atomic mass is 10.1. The Morgan fingerprint density at radius 1 is 1.28 bits per heavy atom. The SMILES string of the molecule is C[C@H](C(=O)Nc1ccccc1C#N)N(Cc1ccc(F)cc1)C1CC1. The molecule has 128 valence electrons. The second kappa shape index (κ2) is 7.45. The van der Waals surface area contributed by atoms with Crippen molar-refractivity contribution in [3.8, 4) is 6.07 Å². The highest BCUT2D eigenvalue weighted by molar-refractivity contribution is 5.95. The lowest BCUT2D eigenvalue weighted by Crippen LogP contribution is -2.43. The number of hydrogen-bond acceptors (Lipinski definition) is 3. The van der Waals surface area contributed by atoms with Gasteiger partial charge < -0.3 is 5.32 Å². The molecule has 3 rings (SSSR count). The van der Waals surface area contributed by atoms with Crippen LogP contribution in [0.1, 0.15) is 30.9 Å². The van der Waals surface area contributed by atoms with E-state index in [9.17, 15) is 9.18 Å². The van der Waals surface area contributed by atoms with Crippen molar-refractivity contribution in [2.75, 3.05) is 5.32 Å². The molecule has 1 fully saturated rings. The van der Waals surface area contributed by atoms with Crippen molar-refractivity contribution >= 4 is 11.6 Å². The summed E-state index contributed by atoms with van der Waals surface area (Å²) in [6, 6.07) is 15.5. The van der Waals surface area contributed by atoms with Crippen LogP contribution in [-0.4, -0.2) is 22.9 Å². The molecule has 1 aliphatic carbocycles. The van der Waals surface area contributed by atoms with Gasteiger partial charge >= 0.3 is 0 Å². The van der Waals surface area contributed by atoms with Crippen LogP contribution < -0.4 is 5.32 Å². The van der Waals surface area contributed by atoms with E-state index in [1.807, 2.05) is 6.92 Å². The number of nitrogens with zero attached hydrogens (tertiary/aromatic N) is 2. The smallest absolute Gasteiger partial charge is 0.241 e. The molecule has 0 radical (unpaired) electrons. The summed E-state index contributed by atoms with van der Waals surface area (Å²) in [5.74, 6) is -0.405. The summed E-state index contributed by atoms with van der Waals surface area (Å²) in [5, 5.41) is 12.0. The minimum absolute atomic E-state index is 0.142. The zero-order valence-electron chi connectivity index (χ0n) is 14.1. The third-order valence-electron chi connectivity index (χ3n) is 4.48. The first kappa shape index (κ1) is 17.1. The van der Waals surface area contributed by atoms with E-state index < -0.39 is 0 Å². The summed E-state index contributed by atoms with van der Waals surface area (Å²) in [5.41, 5.74) is 1.95. The standard InChI is InChI=1S/C20H20FN3O/c1-14(20(25)23-19-5-3-2-4-16(19)12-22)24(18-10-11-18)13-15-6-8-17(21)9-7-15/h2-9,14,18H,10-11,13H2,1H3,(H,23,25)/t14-/m1/s1. The number of rotatable bonds is 6. The topological polar surface area (TPSA) is 56.1 Å². The van der Waals surface area contributed by atoms with E-state index in [1.54, 1.807) is 36.4 Å². The molecule has 1 saturated carbocycles. The highest BCUT2D eigenvalue weighted by Gasteiger charge is 2.35. The van der Waals surface area contributed by atoms with Gasteiger partial charge in [0.25, 0.3) is 0 Å². The number of anilines is 1. The zero-order chi connectivity index (χ0) is 17.8. The Labute approximate surface area is 146 Å². The first-order valence-corrected chi connectivity index (χ1v) is 8.38. The molecule has 2 aromatic carbocycles. The summed E-state index contributed by atoms with van der Waals surface area (Å²) >= 11 is 0. The predicted molar refractivity (Wildman–Crippen MR) is 94.2 cm³/mol. The van der Waals surface area contributed by atoms with Crippen LogP contribution in [0.2, 0.25) is 0 Å². The number of hydrogen-bond donors (Lipinski definition) is 1. The second-order valence-electron chi connectivity index (χ2n) is 6.35. The highest BCUT2D eigenvalue weighted by Crippen LogP contribution is 2.30. The van der Waals surface area contributed by atoms with Crippen LogP contribution in [0, 0.1) is 17.1 Å². The van der Waals surface area contributed by atoms with Crippen LogP contribution in [0.4, 0.5) is 10.1 Å². The molecule has 1 aliphatic rings. The van der Waals surface area contributed by atoms with Crippen molar-refractivity contribution < 1.29 is 9.18 Å². The molecule has 1 amide bonds. The fraction of sp³-hybridized carbons (Fsp3) is 0.300. The van der Waals surface area contributed by atoms with Crippen molar-refractivity contribution in [3.05, 3.63) is 65.5 Å². The molecule has 0 unspecified atom stereocenters. The Kier molecular flexibility index (Phi) is 5.11. The third-order valence-corrected chi connectivity index (χ3v) is 4.48. The van der Waals surface area contributed by atoms with Gasteiger partial charge in [0.05, 0.1) is 17.3 Å². The summed E-state index contributed by atoms with van der Waals surface area (Å²) in [6.07, 6.45) is 2.13. The fourth-order valence-corrected chi connectivity index (χ4v) is 2.87. The largest absolute Gasteiger partial charge is 0.324 e. The van der Waals surface area contributed by atoms with Crippen molar-refractivity contribution in [1.29, 1.82) is 5.26 Å². The van der Waals surface area contributed by atoms with E-state index in [1.165, 1.54) is 12.1 Å². The molecule has 4 nitrogen and oxygen atoms in total. The van der Waals surface area contributed by atoms with Gasteiger partial charge in [0.1, 0.15) is 11.9 Å². The number of carbonyl (C=O) groups excluding carboxylic acids is 1. The number of halogens is 1. The Balaban J connectivity index is 1.72. The molecule has 5 heteroatoms. The van der Waals surface area contributed by atoms with E-state index >= 15 is 0 Å². The average molecular weight is 337 g/mol. The van der Waals surface area contributed by atoms with Crippen LogP contribution in [0.15, 0.2) is 48.5 Å². The maximum Gasteiger partial charge on any atom is 0.241 e. The molecular formula is C20H20FN3O. The number of para-hydroxylation sites is 1. The Morgan fingerprint density at radius 3 is 2.60 bits per heavy atom. The maximum atomic E-state index is 13.1. The lowest BCUT2D eigenvalue weighted by molar-refractivity contribution is -0.121. The van der Waals surface area contributed by atoms with Gasteiger partial charge in [0.15, 0.2) is 0 Å². The number of carbonyl (C=O) groups is 1. The Morgan fingerprint density at radius 2 is 1.96 bits per heavy atom. The monoisotopic (exact) mass is 337 g/mol. The van der Waals surface area contributed by atoms with Gasteiger partial charge in [-0.25, -0.2) is 4.39 Å². The van der Waals surface area contributed by atoms with Gasteiger partial charge in [0, 0.05) is 12.6 Å². The summed E-state index contributed by atoms with van der Waals surface area (Å²) in [7, 11) is 0. The van der Waals surface area contributed by atoms with E-state index in [-0.39, 0.29) is 17.8 Å². The second-order valence-corrected chi connectivity index (χ2v) is 6.35. The minimum atomic E-state index is -0.343. The molecule has 0 aromatic heterocycles. The molecule has 0 saturated heterocycles. The normalized spacial score (nSPS) is 14.8. The Bertz CT molecular complexity index is 793. The van der Waals surface area contributed by atoms with Gasteiger partial charge in [-0.15, -0.1) is 0 Å². The molecule has 0 spiro atoms. The molecule has 0 bridgehead atoms. The van der Waals surface area contributed by atoms with Crippen LogP contribution in [0.25, 0.3) is 0 Å². The van der Waals surface area contributed by atoms with Crippen LogP contribution >= 0.6 is 0 Å². The first-order chi connectivity index (χ1) is 12.1. The highest BCUT2D eigenvalue weighted by atomic mass is 19.1. The van der Waals surface area contributed by atoms with Crippen molar-refractivity contribution in [1.82, 2.24) is 4.90 Å². The fourth-order valence-electron chi connectivity index (χ4n) is 2.87. The van der Waals surface area contributed by atoms with Crippen molar-refractivity contribution in [2.24, 2.45) is 0 Å². The van der Waals surface area contributed by atoms with E-state index in [2.05, 4.69) is 16.3 Å². The molecule has 0 aliphatic heterocycles. The third kappa shape index (κ3) is 4.23. The van der Waals surface area contributed by atoms with Crippen LogP contribution in [0.5, 0.6) is 0 Å². The summed E-state index contributed by atoms with van der Waals surface area (Å²) < 4.78 is 13.1. The first-order valence-electron chi connectivity index (χ1n) is 8.38. The van der Waals surface area contributed by atoms with E-state index in [0.29, 0.717) is 23.8 Å². The van der Waals surface area contributed by atoms with Crippen LogP contribution in [0.3, 0.4) is 0 Å². The van der Waals surface area contributed by atoms with Crippen LogP contribution in [-0.2, 0) is 11.3 Å². The Hall–Kier alpha value is -2.71. The van der Waals surface area contributed by atoms with E-state index in [0.717, 1.165) is 18.4 Å². The number of benzene rings is 2. The average Bonchev–Trinajstić information content (AvgIpc) is 3.46. The zero-order valence-corrected chi connectivity index (χ0v) is 14.1. The predicted octanol–water partition coefficient (Wildman–Crippen LogP) is 3.69. The van der Waals surface area contributed by atoms with Gasteiger partial charge in [-0.05, 0) is 49.6 Å².